The standard InChI is InChI=1S/C19H30O3S2/c1-3-5-7-9-13-23-15-11-12-16(18(21)19(22)17(15)20)24-14-10-8-6-4-2/h11-12H,3-10,13-14H2,1-2H3,(H2,20,21,22). The van der Waals surface area contributed by atoms with Gasteiger partial charge in [-0.25, -0.2) is 0 Å². The van der Waals surface area contributed by atoms with E-state index in [9.17, 15) is 15.0 Å². The topological polar surface area (TPSA) is 57.5 Å². The van der Waals surface area contributed by atoms with Crippen molar-refractivity contribution in [3.63, 3.8) is 0 Å². The highest BCUT2D eigenvalue weighted by Crippen LogP contribution is 2.34. The molecular weight excluding hydrogens is 340 g/mol. The molecule has 3 nitrogen and oxygen atoms in total. The molecule has 0 aliphatic heterocycles. The van der Waals surface area contributed by atoms with Gasteiger partial charge in [-0.15, -0.1) is 23.5 Å². The van der Waals surface area contributed by atoms with Crippen LogP contribution in [-0.2, 0) is 0 Å². The van der Waals surface area contributed by atoms with Crippen LogP contribution in [0.5, 0.6) is 11.5 Å². The van der Waals surface area contributed by atoms with Crippen molar-refractivity contribution in [2.75, 3.05) is 11.5 Å². The first-order chi connectivity index (χ1) is 11.6. The van der Waals surface area contributed by atoms with Crippen LogP contribution < -0.4 is 5.43 Å². The minimum absolute atomic E-state index is 0.279. The quantitative estimate of drug-likeness (QED) is 0.359. The second kappa shape index (κ2) is 12.5. The second-order valence-corrected chi connectivity index (χ2v) is 8.18. The Morgan fingerprint density at radius 3 is 1.79 bits per heavy atom. The van der Waals surface area contributed by atoms with E-state index in [-0.39, 0.29) is 5.75 Å². The highest BCUT2D eigenvalue weighted by Gasteiger charge is 2.12. The lowest BCUT2D eigenvalue weighted by molar-refractivity contribution is 0.393. The maximum absolute atomic E-state index is 12.2. The third-order valence-corrected chi connectivity index (χ3v) is 6.05. The van der Waals surface area contributed by atoms with E-state index in [0.29, 0.717) is 9.79 Å². The first-order valence-electron chi connectivity index (χ1n) is 8.96. The molecule has 0 saturated heterocycles. The maximum Gasteiger partial charge on any atom is 0.237 e. The summed E-state index contributed by atoms with van der Waals surface area (Å²) in [6, 6.07) is 3.50. The van der Waals surface area contributed by atoms with Crippen molar-refractivity contribution in [3.05, 3.63) is 22.4 Å². The van der Waals surface area contributed by atoms with E-state index < -0.39 is 11.2 Å². The monoisotopic (exact) mass is 370 g/mol. The van der Waals surface area contributed by atoms with Gasteiger partial charge < -0.3 is 10.2 Å². The molecule has 0 spiro atoms. The Morgan fingerprint density at radius 2 is 1.25 bits per heavy atom. The fraction of sp³-hybridized carbons (Fsp3) is 0.632. The van der Waals surface area contributed by atoms with Crippen molar-refractivity contribution in [2.45, 2.75) is 75.0 Å². The van der Waals surface area contributed by atoms with Crippen LogP contribution in [0.15, 0.2) is 26.7 Å². The smallest absolute Gasteiger partial charge is 0.237 e. The van der Waals surface area contributed by atoms with E-state index in [1.165, 1.54) is 55.6 Å². The fourth-order valence-electron chi connectivity index (χ4n) is 2.30. The first kappa shape index (κ1) is 21.2. The number of hydrogen-bond acceptors (Lipinski definition) is 5. The molecular formula is C19H30O3S2. The third kappa shape index (κ3) is 7.39. The van der Waals surface area contributed by atoms with E-state index in [4.69, 9.17) is 0 Å². The molecule has 0 amide bonds. The molecule has 1 aromatic rings. The van der Waals surface area contributed by atoms with Gasteiger partial charge in [-0.05, 0) is 36.5 Å². The minimum atomic E-state index is -0.521. The number of aromatic hydroxyl groups is 2. The Kier molecular flexibility index (Phi) is 11.1. The van der Waals surface area contributed by atoms with Gasteiger partial charge in [0, 0.05) is 0 Å². The molecule has 0 bridgehead atoms. The van der Waals surface area contributed by atoms with Gasteiger partial charge in [0.15, 0.2) is 5.75 Å². The molecule has 136 valence electrons. The van der Waals surface area contributed by atoms with Gasteiger partial charge in [0.05, 0.1) is 9.79 Å². The summed E-state index contributed by atoms with van der Waals surface area (Å²) in [5.74, 6) is 0.939. The Hall–Kier alpha value is -0.810. The van der Waals surface area contributed by atoms with Gasteiger partial charge in [-0.1, -0.05) is 52.4 Å². The van der Waals surface area contributed by atoms with Crippen LogP contribution in [0.3, 0.4) is 0 Å². The number of rotatable bonds is 12. The molecule has 0 atom stereocenters. The molecule has 5 heteroatoms. The summed E-state index contributed by atoms with van der Waals surface area (Å²) in [5.41, 5.74) is -0.467. The molecule has 0 fully saturated rings. The molecule has 0 radical (unpaired) electrons. The zero-order valence-corrected chi connectivity index (χ0v) is 16.5. The van der Waals surface area contributed by atoms with Crippen molar-refractivity contribution < 1.29 is 10.2 Å². The minimum Gasteiger partial charge on any atom is -0.503 e. The van der Waals surface area contributed by atoms with E-state index in [1.807, 2.05) is 0 Å². The van der Waals surface area contributed by atoms with E-state index in [1.54, 1.807) is 12.1 Å². The Balaban J connectivity index is 2.70. The fourth-order valence-corrected chi connectivity index (χ4v) is 4.23. The highest BCUT2D eigenvalue weighted by atomic mass is 32.2. The molecule has 0 aliphatic carbocycles. The number of thioether (sulfide) groups is 2. The van der Waals surface area contributed by atoms with E-state index in [0.717, 1.165) is 30.8 Å². The predicted molar refractivity (Wildman–Crippen MR) is 106 cm³/mol. The summed E-state index contributed by atoms with van der Waals surface area (Å²) < 4.78 is 0. The molecule has 2 N–H and O–H groups in total. The van der Waals surface area contributed by atoms with Gasteiger partial charge in [0.25, 0.3) is 0 Å². The predicted octanol–water partition coefficient (Wildman–Crippen LogP) is 5.80. The van der Waals surface area contributed by atoms with Gasteiger partial charge in [0.2, 0.25) is 11.2 Å². The normalized spacial score (nSPS) is 10.9. The van der Waals surface area contributed by atoms with Gasteiger partial charge in [-0.2, -0.15) is 0 Å². The summed E-state index contributed by atoms with van der Waals surface area (Å²) in [6.07, 6.45) is 9.25. The average molecular weight is 371 g/mol. The Morgan fingerprint density at radius 1 is 0.750 bits per heavy atom. The summed E-state index contributed by atoms with van der Waals surface area (Å²) in [6.45, 7) is 4.34. The van der Waals surface area contributed by atoms with Crippen molar-refractivity contribution in [2.24, 2.45) is 0 Å². The summed E-state index contributed by atoms with van der Waals surface area (Å²) in [4.78, 5) is 13.3. The molecule has 0 saturated carbocycles. The van der Waals surface area contributed by atoms with Crippen LogP contribution in [0, 0.1) is 0 Å². The molecule has 0 aliphatic rings. The van der Waals surface area contributed by atoms with Crippen LogP contribution in [0.1, 0.15) is 65.2 Å². The molecule has 0 aromatic heterocycles. The van der Waals surface area contributed by atoms with Crippen LogP contribution in [-0.4, -0.2) is 21.7 Å². The molecule has 0 heterocycles. The maximum atomic E-state index is 12.2. The zero-order valence-electron chi connectivity index (χ0n) is 14.8. The summed E-state index contributed by atoms with van der Waals surface area (Å²) >= 11 is 2.96. The van der Waals surface area contributed by atoms with Crippen LogP contribution in [0.25, 0.3) is 0 Å². The third-order valence-electron chi connectivity index (χ3n) is 3.79. The first-order valence-corrected chi connectivity index (χ1v) is 10.9. The van der Waals surface area contributed by atoms with Gasteiger partial charge in [-0.3, -0.25) is 4.79 Å². The number of unbranched alkanes of at least 4 members (excludes halogenated alkanes) is 6. The lowest BCUT2D eigenvalue weighted by atomic mass is 10.2. The van der Waals surface area contributed by atoms with Crippen molar-refractivity contribution in [1.29, 1.82) is 0 Å². The molecule has 0 unspecified atom stereocenters. The molecule has 1 aromatic carbocycles. The largest absolute Gasteiger partial charge is 0.503 e. The lowest BCUT2D eigenvalue weighted by Gasteiger charge is -2.02. The van der Waals surface area contributed by atoms with Crippen LogP contribution in [0.4, 0.5) is 0 Å². The highest BCUT2D eigenvalue weighted by molar-refractivity contribution is 7.99. The lowest BCUT2D eigenvalue weighted by Crippen LogP contribution is -2.00. The van der Waals surface area contributed by atoms with Gasteiger partial charge in [0.1, 0.15) is 0 Å². The molecule has 24 heavy (non-hydrogen) atoms. The second-order valence-electron chi connectivity index (χ2n) is 5.91. The van der Waals surface area contributed by atoms with E-state index in [2.05, 4.69) is 13.8 Å². The van der Waals surface area contributed by atoms with Crippen molar-refractivity contribution in [3.8, 4) is 11.5 Å². The summed E-state index contributed by atoms with van der Waals surface area (Å²) in [7, 11) is 0. The Bertz CT molecular complexity index is 547. The average Bonchev–Trinajstić information content (AvgIpc) is 2.68. The van der Waals surface area contributed by atoms with Crippen LogP contribution >= 0.6 is 23.5 Å². The number of hydrogen-bond donors (Lipinski definition) is 2. The van der Waals surface area contributed by atoms with Crippen LogP contribution in [0.2, 0.25) is 0 Å². The van der Waals surface area contributed by atoms with Crippen molar-refractivity contribution in [1.82, 2.24) is 0 Å². The van der Waals surface area contributed by atoms with Gasteiger partial charge >= 0.3 is 0 Å². The SMILES string of the molecule is CCCCCCSc1ccc(SCCCCCC)c(=O)c(O)c1O. The molecule has 1 rings (SSSR count). The zero-order chi connectivity index (χ0) is 17.8. The summed E-state index contributed by atoms with van der Waals surface area (Å²) in [5, 5.41) is 20.1. The van der Waals surface area contributed by atoms with E-state index >= 15 is 0 Å². The Labute approximate surface area is 154 Å². The van der Waals surface area contributed by atoms with Crippen molar-refractivity contribution >= 4 is 23.5 Å².